The van der Waals surface area contributed by atoms with Gasteiger partial charge in [0, 0.05) is 23.5 Å². The van der Waals surface area contributed by atoms with Crippen molar-refractivity contribution >= 4 is 38.5 Å². The summed E-state index contributed by atoms with van der Waals surface area (Å²) in [5.74, 6) is 0. The lowest BCUT2D eigenvalue weighted by Gasteiger charge is -2.23. The maximum atomic E-state index is 13.9. The monoisotopic (exact) mass is 471 g/mol. The number of hydrogen-bond acceptors (Lipinski definition) is 5. The number of nitrogens with one attached hydrogen (secondary N) is 2. The number of benzene rings is 1. The number of alkyl halides is 1. The van der Waals surface area contributed by atoms with Crippen molar-refractivity contribution in [1.82, 2.24) is 15.0 Å². The molecule has 1 aromatic carbocycles. The van der Waals surface area contributed by atoms with Gasteiger partial charge < -0.3 is 10.1 Å². The average molecular weight is 472 g/mol. The van der Waals surface area contributed by atoms with E-state index in [0.717, 1.165) is 11.1 Å². The van der Waals surface area contributed by atoms with Crippen molar-refractivity contribution in [3.63, 3.8) is 0 Å². The van der Waals surface area contributed by atoms with E-state index in [1.807, 2.05) is 0 Å². The summed E-state index contributed by atoms with van der Waals surface area (Å²) in [6.45, 7) is 7.56. The third-order valence-electron chi connectivity index (χ3n) is 4.79. The van der Waals surface area contributed by atoms with Crippen LogP contribution in [0, 0.1) is 0 Å². The maximum Gasteiger partial charge on any atom is 0.408 e. The molecule has 31 heavy (non-hydrogen) atoms. The van der Waals surface area contributed by atoms with Crippen LogP contribution >= 0.6 is 11.6 Å². The summed E-state index contributed by atoms with van der Waals surface area (Å²) in [6.07, 6.45) is 2.10. The first-order chi connectivity index (χ1) is 14.2. The summed E-state index contributed by atoms with van der Waals surface area (Å²) < 4.78 is 47.6. The van der Waals surface area contributed by atoms with Gasteiger partial charge >= 0.3 is 6.09 Å². The van der Waals surface area contributed by atoms with E-state index < -0.39 is 27.4 Å². The Morgan fingerprint density at radius 1 is 1.26 bits per heavy atom. The van der Waals surface area contributed by atoms with Crippen LogP contribution in [-0.2, 0) is 21.2 Å². The Hall–Kier alpha value is -1.97. The number of carbonyl (C=O) groups is 1. The number of hydrogen-bond donors (Lipinski definition) is 2. The summed E-state index contributed by atoms with van der Waals surface area (Å²) in [6, 6.07) is 2.68. The quantitative estimate of drug-likeness (QED) is 0.629. The van der Waals surface area contributed by atoms with Crippen molar-refractivity contribution in [2.24, 2.45) is 0 Å². The number of nitrogens with zero attached hydrogens (tertiary/aromatic N) is 1. The highest BCUT2D eigenvalue weighted by molar-refractivity contribution is 7.89. The minimum absolute atomic E-state index is 0.00715. The fourth-order valence-electron chi connectivity index (χ4n) is 3.56. The number of carbonyl (C=O) groups excluding carboxylic acids is 1. The van der Waals surface area contributed by atoms with Crippen molar-refractivity contribution in [3.8, 4) is 0 Å². The number of alkyl carbamates (subject to hydrolysis) is 1. The van der Waals surface area contributed by atoms with Crippen molar-refractivity contribution in [2.45, 2.75) is 69.7 Å². The zero-order valence-corrected chi connectivity index (χ0v) is 19.7. The highest BCUT2D eigenvalue weighted by Crippen LogP contribution is 2.40. The van der Waals surface area contributed by atoms with Gasteiger partial charge in [0.1, 0.15) is 16.4 Å². The Labute approximate surface area is 186 Å². The molecular weight excluding hydrogens is 445 g/mol. The van der Waals surface area contributed by atoms with E-state index in [9.17, 15) is 17.6 Å². The minimum atomic E-state index is -4.01. The molecule has 2 N–H and O–H groups in total. The van der Waals surface area contributed by atoms with Crippen LogP contribution in [0.5, 0.6) is 0 Å². The summed E-state index contributed by atoms with van der Waals surface area (Å²) in [5.41, 5.74) is -0.787. The first-order valence-corrected chi connectivity index (χ1v) is 11.8. The fourth-order valence-corrected chi connectivity index (χ4v) is 5.16. The molecule has 10 heteroatoms. The molecule has 7 nitrogen and oxygen atoms in total. The largest absolute Gasteiger partial charge is 0.444 e. The molecule has 0 fully saturated rings. The first-order valence-electron chi connectivity index (χ1n) is 9.95. The number of ether oxygens (including phenoxy) is 1. The van der Waals surface area contributed by atoms with Gasteiger partial charge in [0.15, 0.2) is 0 Å². The van der Waals surface area contributed by atoms with Gasteiger partial charge in [-0.2, -0.15) is 0 Å². The molecule has 1 aromatic heterocycles. The van der Waals surface area contributed by atoms with E-state index in [2.05, 4.69) is 15.0 Å². The maximum absolute atomic E-state index is 13.9. The van der Waals surface area contributed by atoms with Gasteiger partial charge in [0.25, 0.3) is 0 Å². The Kier molecular flexibility index (Phi) is 6.25. The molecule has 2 aromatic rings. The molecule has 1 amide bonds. The third kappa shape index (κ3) is 5.64. The summed E-state index contributed by atoms with van der Waals surface area (Å²) in [7, 11) is -4.01. The normalized spacial score (nSPS) is 16.9. The number of fused-ring (bicyclic) bond motifs is 3. The average Bonchev–Trinajstić information content (AvgIpc) is 2.99. The Morgan fingerprint density at radius 3 is 2.55 bits per heavy atom. The summed E-state index contributed by atoms with van der Waals surface area (Å²) in [4.78, 5) is 16.4. The van der Waals surface area contributed by atoms with Gasteiger partial charge in [-0.3, -0.25) is 0 Å². The third-order valence-corrected chi connectivity index (χ3v) is 6.44. The predicted molar refractivity (Wildman–Crippen MR) is 118 cm³/mol. The lowest BCUT2D eigenvalue weighted by molar-refractivity contribution is 0.0504. The Morgan fingerprint density at radius 2 is 1.94 bits per heavy atom. The van der Waals surface area contributed by atoms with Crippen molar-refractivity contribution in [1.29, 1.82) is 0 Å². The molecule has 0 spiro atoms. The van der Waals surface area contributed by atoms with Crippen molar-refractivity contribution in [2.75, 3.05) is 6.54 Å². The zero-order valence-electron chi connectivity index (χ0n) is 18.2. The smallest absolute Gasteiger partial charge is 0.408 e. The molecule has 0 aliphatic heterocycles. The number of sulfonamides is 1. The van der Waals surface area contributed by atoms with Crippen LogP contribution in [-0.4, -0.2) is 37.3 Å². The molecule has 0 saturated carbocycles. The lowest BCUT2D eigenvalue weighted by atomic mass is 10.0. The summed E-state index contributed by atoms with van der Waals surface area (Å²) in [5, 5.41) is 3.93. The van der Waals surface area contributed by atoms with E-state index in [1.165, 1.54) is 26.1 Å². The Bertz CT molecular complexity index is 1120. The molecule has 0 bridgehead atoms. The highest BCUT2D eigenvalue weighted by atomic mass is 35.5. The molecule has 0 saturated heterocycles. The van der Waals surface area contributed by atoms with Crippen LogP contribution in [0.3, 0.4) is 0 Å². The molecule has 1 unspecified atom stereocenters. The van der Waals surface area contributed by atoms with Gasteiger partial charge in [0.05, 0.1) is 10.9 Å². The van der Waals surface area contributed by atoms with E-state index in [0.29, 0.717) is 23.6 Å². The van der Waals surface area contributed by atoms with E-state index in [1.54, 1.807) is 26.8 Å². The van der Waals surface area contributed by atoms with Crippen LogP contribution in [0.25, 0.3) is 10.8 Å². The number of aromatic nitrogens is 1. The second-order valence-corrected chi connectivity index (χ2v) is 11.4. The SMILES string of the molecule is CC(C)(F)CNS(=O)(=O)c1cc2c(c3cnc(Cl)cc13)C(NC(=O)OC(C)(C)C)CC2. The Balaban J connectivity index is 2.06. The number of pyridine rings is 1. The molecule has 1 heterocycles. The van der Waals surface area contributed by atoms with Gasteiger partial charge in [-0.1, -0.05) is 11.6 Å². The van der Waals surface area contributed by atoms with Crippen LogP contribution in [0.15, 0.2) is 23.2 Å². The molecule has 1 atom stereocenters. The number of aryl methyl sites for hydroxylation is 1. The second-order valence-electron chi connectivity index (χ2n) is 9.28. The standard InChI is InChI=1S/C21H27ClFN3O4S/c1-20(2,3)30-19(27)26-15-7-6-12-8-16(31(28,29)25-11-21(4,5)23)13-9-17(22)24-10-14(13)18(12)15/h8-10,15,25H,6-7,11H2,1-5H3,(H,26,27). The molecule has 3 rings (SSSR count). The predicted octanol–water partition coefficient (Wildman–Crippen LogP) is 4.43. The molecule has 0 radical (unpaired) electrons. The first kappa shape index (κ1) is 23.7. The second kappa shape index (κ2) is 8.18. The number of halogens is 2. The van der Waals surface area contributed by atoms with Gasteiger partial charge in [-0.25, -0.2) is 27.3 Å². The lowest BCUT2D eigenvalue weighted by Crippen LogP contribution is -2.35. The number of rotatable bonds is 5. The van der Waals surface area contributed by atoms with Gasteiger partial charge in [-0.05, 0) is 70.7 Å². The van der Waals surface area contributed by atoms with E-state index >= 15 is 0 Å². The van der Waals surface area contributed by atoms with Crippen LogP contribution in [0.1, 0.15) is 58.2 Å². The van der Waals surface area contributed by atoms with Gasteiger partial charge in [-0.15, -0.1) is 0 Å². The van der Waals surface area contributed by atoms with Crippen LogP contribution < -0.4 is 10.0 Å². The van der Waals surface area contributed by atoms with Crippen LogP contribution in [0.4, 0.5) is 9.18 Å². The molecule has 170 valence electrons. The zero-order chi connectivity index (χ0) is 23.2. The summed E-state index contributed by atoms with van der Waals surface area (Å²) >= 11 is 6.06. The van der Waals surface area contributed by atoms with Gasteiger partial charge in [0.2, 0.25) is 10.0 Å². The van der Waals surface area contributed by atoms with E-state index in [4.69, 9.17) is 16.3 Å². The molecule has 1 aliphatic rings. The molecular formula is C21H27ClFN3O4S. The van der Waals surface area contributed by atoms with Crippen molar-refractivity contribution < 1.29 is 22.3 Å². The number of amides is 1. The fraction of sp³-hybridized carbons (Fsp3) is 0.524. The molecule has 1 aliphatic carbocycles. The highest BCUT2D eigenvalue weighted by Gasteiger charge is 2.32. The van der Waals surface area contributed by atoms with Crippen molar-refractivity contribution in [3.05, 3.63) is 34.6 Å². The topological polar surface area (TPSA) is 97.4 Å². The minimum Gasteiger partial charge on any atom is -0.444 e. The van der Waals surface area contributed by atoms with E-state index in [-0.39, 0.29) is 22.6 Å². The van der Waals surface area contributed by atoms with Crippen LogP contribution in [0.2, 0.25) is 5.15 Å².